The zero-order valence-corrected chi connectivity index (χ0v) is 12.4. The van der Waals surface area contributed by atoms with E-state index >= 15 is 0 Å². The van der Waals surface area contributed by atoms with Crippen LogP contribution in [0.15, 0.2) is 24.3 Å². The Bertz CT molecular complexity index is 400. The average molecular weight is 263 g/mol. The summed E-state index contributed by atoms with van der Waals surface area (Å²) in [6.07, 6.45) is 1.03. The Balaban J connectivity index is 2.77. The lowest BCUT2D eigenvalue weighted by Gasteiger charge is -2.29. The van der Waals surface area contributed by atoms with Crippen LogP contribution in [0.25, 0.3) is 0 Å². The molecule has 0 saturated carbocycles. The van der Waals surface area contributed by atoms with E-state index < -0.39 is 0 Å². The third kappa shape index (κ3) is 4.56. The number of hydrogen-bond donors (Lipinski definition) is 1. The molecule has 0 fully saturated rings. The number of amides is 1. The Morgan fingerprint density at radius 3 is 2.32 bits per heavy atom. The first-order chi connectivity index (χ1) is 8.95. The highest BCUT2D eigenvalue weighted by Crippen LogP contribution is 2.12. The second-order valence-corrected chi connectivity index (χ2v) is 5.12. The van der Waals surface area contributed by atoms with E-state index in [9.17, 15) is 4.79 Å². The molecule has 1 aromatic carbocycles. The minimum atomic E-state index is -0.104. The molecule has 0 aromatic heterocycles. The van der Waals surface area contributed by atoms with Crippen LogP contribution < -0.4 is 5.73 Å². The van der Waals surface area contributed by atoms with Crippen molar-refractivity contribution in [3.05, 3.63) is 29.8 Å². The number of hydrogen-bond acceptors (Lipinski definition) is 3. The van der Waals surface area contributed by atoms with E-state index in [2.05, 4.69) is 11.8 Å². The maximum absolute atomic E-state index is 12.1. The van der Waals surface area contributed by atoms with Crippen molar-refractivity contribution < 1.29 is 4.79 Å². The lowest BCUT2D eigenvalue weighted by atomic mass is 10.1. The molecule has 106 valence electrons. The van der Waals surface area contributed by atoms with Gasteiger partial charge in [-0.05, 0) is 37.6 Å². The van der Waals surface area contributed by atoms with E-state index in [0.29, 0.717) is 0 Å². The molecule has 1 rings (SSSR count). The predicted molar refractivity (Wildman–Crippen MR) is 79.7 cm³/mol. The topological polar surface area (TPSA) is 49.6 Å². The van der Waals surface area contributed by atoms with Gasteiger partial charge in [-0.15, -0.1) is 0 Å². The van der Waals surface area contributed by atoms with Crippen molar-refractivity contribution in [3.8, 4) is 0 Å². The van der Waals surface area contributed by atoms with Crippen molar-refractivity contribution in [2.75, 3.05) is 26.4 Å². The molecular weight excluding hydrogens is 238 g/mol. The molecule has 0 heterocycles. The molecule has 0 aliphatic rings. The number of rotatable bonds is 6. The standard InChI is InChI=1S/C15H25N3O/c1-5-10-18(12(2)15(19)17(3)4)11-13-6-8-14(16)9-7-13/h6-9,12H,5,10-11,16H2,1-4H3. The molecule has 2 N–H and O–H groups in total. The van der Waals surface area contributed by atoms with Crippen LogP contribution >= 0.6 is 0 Å². The number of carbonyl (C=O) groups is 1. The largest absolute Gasteiger partial charge is 0.399 e. The van der Waals surface area contributed by atoms with Crippen LogP contribution in [-0.2, 0) is 11.3 Å². The molecule has 0 saturated heterocycles. The van der Waals surface area contributed by atoms with Crippen LogP contribution in [0.5, 0.6) is 0 Å². The van der Waals surface area contributed by atoms with Gasteiger partial charge in [0.2, 0.25) is 5.91 Å². The summed E-state index contributed by atoms with van der Waals surface area (Å²) in [5.41, 5.74) is 7.64. The second kappa shape index (κ2) is 7.14. The summed E-state index contributed by atoms with van der Waals surface area (Å²) in [7, 11) is 3.60. The van der Waals surface area contributed by atoms with Gasteiger partial charge in [0.25, 0.3) is 0 Å². The molecule has 1 atom stereocenters. The molecule has 1 aromatic rings. The molecule has 1 unspecified atom stereocenters. The first-order valence-electron chi connectivity index (χ1n) is 6.75. The highest BCUT2D eigenvalue weighted by atomic mass is 16.2. The lowest BCUT2D eigenvalue weighted by molar-refractivity contribution is -0.134. The first-order valence-corrected chi connectivity index (χ1v) is 6.75. The molecule has 0 spiro atoms. The minimum absolute atomic E-state index is 0.104. The Labute approximate surface area is 116 Å². The molecule has 4 heteroatoms. The smallest absolute Gasteiger partial charge is 0.239 e. The monoisotopic (exact) mass is 263 g/mol. The minimum Gasteiger partial charge on any atom is -0.399 e. The van der Waals surface area contributed by atoms with E-state index in [-0.39, 0.29) is 11.9 Å². The van der Waals surface area contributed by atoms with Crippen molar-refractivity contribution >= 4 is 11.6 Å². The molecule has 0 bridgehead atoms. The Kier molecular flexibility index (Phi) is 5.83. The number of nitrogens with zero attached hydrogens (tertiary/aromatic N) is 2. The van der Waals surface area contributed by atoms with Crippen LogP contribution in [0, 0.1) is 0 Å². The predicted octanol–water partition coefficient (Wildman–Crippen LogP) is 1.96. The summed E-state index contributed by atoms with van der Waals surface area (Å²) < 4.78 is 0. The third-order valence-corrected chi connectivity index (χ3v) is 3.22. The van der Waals surface area contributed by atoms with Gasteiger partial charge >= 0.3 is 0 Å². The van der Waals surface area contributed by atoms with Gasteiger partial charge in [0.05, 0.1) is 6.04 Å². The zero-order valence-electron chi connectivity index (χ0n) is 12.4. The number of nitrogens with two attached hydrogens (primary N) is 1. The normalized spacial score (nSPS) is 12.5. The summed E-state index contributed by atoms with van der Waals surface area (Å²) in [6.45, 7) is 5.78. The van der Waals surface area contributed by atoms with Gasteiger partial charge in [-0.1, -0.05) is 19.1 Å². The number of anilines is 1. The lowest BCUT2D eigenvalue weighted by Crippen LogP contribution is -2.44. The van der Waals surface area contributed by atoms with Gasteiger partial charge < -0.3 is 10.6 Å². The van der Waals surface area contributed by atoms with E-state index in [1.54, 1.807) is 19.0 Å². The van der Waals surface area contributed by atoms with E-state index in [4.69, 9.17) is 5.73 Å². The number of nitrogen functional groups attached to an aromatic ring is 1. The summed E-state index contributed by atoms with van der Waals surface area (Å²) in [5.74, 6) is 0.142. The molecule has 4 nitrogen and oxygen atoms in total. The van der Waals surface area contributed by atoms with Gasteiger partial charge in [0.15, 0.2) is 0 Å². The molecule has 0 radical (unpaired) electrons. The van der Waals surface area contributed by atoms with Crippen LogP contribution in [0.2, 0.25) is 0 Å². The Morgan fingerprint density at radius 2 is 1.84 bits per heavy atom. The number of carbonyl (C=O) groups excluding carboxylic acids is 1. The van der Waals surface area contributed by atoms with Gasteiger partial charge in [-0.25, -0.2) is 0 Å². The molecule has 0 aliphatic carbocycles. The maximum atomic E-state index is 12.1. The van der Waals surface area contributed by atoms with Crippen molar-refractivity contribution in [2.24, 2.45) is 0 Å². The van der Waals surface area contributed by atoms with Gasteiger partial charge in [0.1, 0.15) is 0 Å². The molecular formula is C15H25N3O. The number of benzene rings is 1. The highest BCUT2D eigenvalue weighted by molar-refractivity contribution is 5.80. The highest BCUT2D eigenvalue weighted by Gasteiger charge is 2.22. The summed E-state index contributed by atoms with van der Waals surface area (Å²) in [6, 6.07) is 7.73. The van der Waals surface area contributed by atoms with Crippen LogP contribution in [0.1, 0.15) is 25.8 Å². The Hall–Kier alpha value is -1.55. The fraction of sp³-hybridized carbons (Fsp3) is 0.533. The van der Waals surface area contributed by atoms with E-state index in [1.165, 1.54) is 5.56 Å². The van der Waals surface area contributed by atoms with Crippen molar-refractivity contribution in [1.82, 2.24) is 9.80 Å². The quantitative estimate of drug-likeness (QED) is 0.798. The first kappa shape index (κ1) is 15.5. The van der Waals surface area contributed by atoms with Crippen molar-refractivity contribution in [3.63, 3.8) is 0 Å². The fourth-order valence-electron chi connectivity index (χ4n) is 2.08. The van der Waals surface area contributed by atoms with Crippen molar-refractivity contribution in [2.45, 2.75) is 32.9 Å². The van der Waals surface area contributed by atoms with Crippen LogP contribution in [0.3, 0.4) is 0 Å². The van der Waals surface area contributed by atoms with Crippen molar-refractivity contribution in [1.29, 1.82) is 0 Å². The van der Waals surface area contributed by atoms with E-state index in [1.807, 2.05) is 31.2 Å². The van der Waals surface area contributed by atoms with Crippen LogP contribution in [-0.4, -0.2) is 42.4 Å². The Morgan fingerprint density at radius 1 is 1.26 bits per heavy atom. The summed E-state index contributed by atoms with van der Waals surface area (Å²) in [4.78, 5) is 15.9. The molecule has 19 heavy (non-hydrogen) atoms. The summed E-state index contributed by atoms with van der Waals surface area (Å²) in [5, 5.41) is 0. The second-order valence-electron chi connectivity index (χ2n) is 5.12. The van der Waals surface area contributed by atoms with Gasteiger partial charge in [-0.3, -0.25) is 9.69 Å². The third-order valence-electron chi connectivity index (χ3n) is 3.22. The van der Waals surface area contributed by atoms with Crippen LogP contribution in [0.4, 0.5) is 5.69 Å². The van der Waals surface area contributed by atoms with Gasteiger partial charge in [0, 0.05) is 26.3 Å². The SMILES string of the molecule is CCCN(Cc1ccc(N)cc1)C(C)C(=O)N(C)C. The maximum Gasteiger partial charge on any atom is 0.239 e. The van der Waals surface area contributed by atoms with Gasteiger partial charge in [-0.2, -0.15) is 0 Å². The van der Waals surface area contributed by atoms with E-state index in [0.717, 1.165) is 25.2 Å². The number of likely N-dealkylation sites (N-methyl/N-ethyl adjacent to an activating group) is 1. The molecule has 1 amide bonds. The summed E-state index contributed by atoms with van der Waals surface area (Å²) >= 11 is 0. The molecule has 0 aliphatic heterocycles. The zero-order chi connectivity index (χ0) is 14.4. The average Bonchev–Trinajstić information content (AvgIpc) is 2.39. The fourth-order valence-corrected chi connectivity index (χ4v) is 2.08.